The van der Waals surface area contributed by atoms with Crippen LogP contribution >= 0.6 is 0 Å². The smallest absolute Gasteiger partial charge is 0.407 e. The maximum Gasteiger partial charge on any atom is 0.407 e. The first kappa shape index (κ1) is 28.0. The van der Waals surface area contributed by atoms with E-state index in [2.05, 4.69) is 10.6 Å². The summed E-state index contributed by atoms with van der Waals surface area (Å²) < 4.78 is 10.4. The van der Waals surface area contributed by atoms with Gasteiger partial charge in [0.1, 0.15) is 17.2 Å². The third-order valence-corrected chi connectivity index (χ3v) is 3.86. The minimum atomic E-state index is -0.884. The van der Waals surface area contributed by atoms with Gasteiger partial charge in [-0.2, -0.15) is 0 Å². The number of ether oxygens (including phenoxy) is 2. The molecule has 30 heavy (non-hydrogen) atoms. The van der Waals surface area contributed by atoms with E-state index in [0.717, 1.165) is 0 Å². The first-order valence-electron chi connectivity index (χ1n) is 10.5. The van der Waals surface area contributed by atoms with E-state index < -0.39 is 35.4 Å². The van der Waals surface area contributed by atoms with E-state index in [-0.39, 0.29) is 5.92 Å². The zero-order chi connectivity index (χ0) is 23.5. The van der Waals surface area contributed by atoms with Crippen molar-refractivity contribution in [3.8, 4) is 0 Å². The second-order valence-electron chi connectivity index (χ2n) is 9.63. The Kier molecular flexibility index (Phi) is 11.8. The lowest BCUT2D eigenvalue weighted by atomic mass is 10.0. The summed E-state index contributed by atoms with van der Waals surface area (Å²) >= 11 is 0. The summed E-state index contributed by atoms with van der Waals surface area (Å²) in [6, 6.07) is -0.645. The summed E-state index contributed by atoms with van der Waals surface area (Å²) in [5.41, 5.74) is -1.13. The molecule has 0 aromatic heterocycles. The van der Waals surface area contributed by atoms with Gasteiger partial charge >= 0.3 is 18.2 Å². The number of aliphatic carboxylic acids is 1. The van der Waals surface area contributed by atoms with Gasteiger partial charge in [-0.15, -0.1) is 0 Å². The van der Waals surface area contributed by atoms with Crippen LogP contribution in [0.15, 0.2) is 0 Å². The van der Waals surface area contributed by atoms with E-state index in [1.807, 2.05) is 18.7 Å². The summed E-state index contributed by atoms with van der Waals surface area (Å²) in [5.74, 6) is -0.967. The van der Waals surface area contributed by atoms with E-state index in [1.54, 1.807) is 41.5 Å². The molecule has 0 saturated carbocycles. The molecule has 0 unspecified atom stereocenters. The van der Waals surface area contributed by atoms with Crippen molar-refractivity contribution in [2.24, 2.45) is 5.92 Å². The number of amides is 2. The normalized spacial score (nSPS) is 13.1. The zero-order valence-electron chi connectivity index (χ0n) is 19.8. The van der Waals surface area contributed by atoms with Crippen molar-refractivity contribution in [1.29, 1.82) is 0 Å². The van der Waals surface area contributed by atoms with Crippen LogP contribution in [0.4, 0.5) is 9.59 Å². The molecule has 0 aliphatic carbocycles. The average Bonchev–Trinajstić information content (AvgIpc) is 2.50. The lowest BCUT2D eigenvalue weighted by Crippen LogP contribution is -2.47. The third-order valence-electron chi connectivity index (χ3n) is 3.86. The number of nitrogens with zero attached hydrogens (tertiary/aromatic N) is 1. The van der Waals surface area contributed by atoms with Gasteiger partial charge in [0.25, 0.3) is 0 Å². The SMILES string of the molecule is CC(C)[C@@H](C(=O)O)N(CCCNC(=O)OC(C)(C)C)CCCNC(=O)OC(C)(C)C. The second-order valence-corrected chi connectivity index (χ2v) is 9.63. The molecule has 0 aromatic carbocycles. The van der Waals surface area contributed by atoms with Crippen molar-refractivity contribution in [3.05, 3.63) is 0 Å². The molecule has 0 rings (SSSR count). The maximum atomic E-state index is 11.8. The molecule has 176 valence electrons. The monoisotopic (exact) mass is 431 g/mol. The number of alkyl carbamates (subject to hydrolysis) is 2. The summed E-state index contributed by atoms with van der Waals surface area (Å²) in [4.78, 5) is 37.1. The van der Waals surface area contributed by atoms with Gasteiger partial charge in [-0.05, 0) is 60.3 Å². The number of carbonyl (C=O) groups is 3. The van der Waals surface area contributed by atoms with Crippen molar-refractivity contribution in [3.63, 3.8) is 0 Å². The summed E-state index contributed by atoms with van der Waals surface area (Å²) in [6.45, 7) is 16.2. The molecule has 0 heterocycles. The predicted octanol–water partition coefficient (Wildman–Crippen LogP) is 3.23. The van der Waals surface area contributed by atoms with Gasteiger partial charge in [0.2, 0.25) is 0 Å². The number of hydrogen-bond acceptors (Lipinski definition) is 6. The van der Waals surface area contributed by atoms with E-state index in [0.29, 0.717) is 39.0 Å². The lowest BCUT2D eigenvalue weighted by Gasteiger charge is -2.31. The zero-order valence-corrected chi connectivity index (χ0v) is 19.8. The molecule has 0 spiro atoms. The highest BCUT2D eigenvalue weighted by Gasteiger charge is 2.28. The quantitative estimate of drug-likeness (QED) is 0.430. The molecule has 0 fully saturated rings. The van der Waals surface area contributed by atoms with Gasteiger partial charge in [-0.1, -0.05) is 13.8 Å². The molecule has 0 aliphatic heterocycles. The molecule has 0 saturated heterocycles. The summed E-state index contributed by atoms with van der Waals surface area (Å²) in [7, 11) is 0. The molecule has 3 N–H and O–H groups in total. The molecule has 0 aromatic rings. The van der Waals surface area contributed by atoms with Crippen LogP contribution in [0.5, 0.6) is 0 Å². The number of nitrogens with one attached hydrogen (secondary N) is 2. The number of carbonyl (C=O) groups excluding carboxylic acids is 2. The average molecular weight is 432 g/mol. The summed E-state index contributed by atoms with van der Waals surface area (Å²) in [5, 5.41) is 15.0. The van der Waals surface area contributed by atoms with Crippen molar-refractivity contribution >= 4 is 18.2 Å². The van der Waals surface area contributed by atoms with Gasteiger partial charge in [-0.3, -0.25) is 9.69 Å². The number of carboxylic acids is 1. The number of hydrogen-bond donors (Lipinski definition) is 3. The molecule has 2 amide bonds. The molecular weight excluding hydrogens is 390 g/mol. The standard InChI is InChI=1S/C21H41N3O6/c1-15(2)16(17(25)26)24(13-9-11-22-18(27)29-20(3,4)5)14-10-12-23-19(28)30-21(6,7)8/h15-16H,9-14H2,1-8H3,(H,22,27)(H,23,28)(H,25,26)/t16-/m0/s1. The number of carboxylic acid groups (broad SMARTS) is 1. The first-order valence-corrected chi connectivity index (χ1v) is 10.5. The lowest BCUT2D eigenvalue weighted by molar-refractivity contribution is -0.145. The van der Waals surface area contributed by atoms with Crippen LogP contribution in [0.25, 0.3) is 0 Å². The Morgan fingerprint density at radius 2 is 1.20 bits per heavy atom. The van der Waals surface area contributed by atoms with Crippen molar-refractivity contribution in [1.82, 2.24) is 15.5 Å². The van der Waals surface area contributed by atoms with Crippen LogP contribution in [0.2, 0.25) is 0 Å². The predicted molar refractivity (Wildman–Crippen MR) is 116 cm³/mol. The minimum Gasteiger partial charge on any atom is -0.480 e. The molecule has 0 radical (unpaired) electrons. The van der Waals surface area contributed by atoms with Crippen LogP contribution in [0.1, 0.15) is 68.2 Å². The van der Waals surface area contributed by atoms with Crippen molar-refractivity contribution < 1.29 is 29.0 Å². The highest BCUT2D eigenvalue weighted by Crippen LogP contribution is 2.13. The molecule has 9 nitrogen and oxygen atoms in total. The Balaban J connectivity index is 4.62. The van der Waals surface area contributed by atoms with E-state index in [4.69, 9.17) is 9.47 Å². The van der Waals surface area contributed by atoms with Gasteiger partial charge in [0.15, 0.2) is 0 Å². The van der Waals surface area contributed by atoms with E-state index >= 15 is 0 Å². The molecule has 9 heteroatoms. The van der Waals surface area contributed by atoms with Crippen LogP contribution in [-0.2, 0) is 14.3 Å². The molecule has 0 bridgehead atoms. The highest BCUT2D eigenvalue weighted by atomic mass is 16.6. The molecule has 0 aliphatic rings. The Labute approximate surface area is 180 Å². The van der Waals surface area contributed by atoms with Crippen LogP contribution < -0.4 is 10.6 Å². The topological polar surface area (TPSA) is 117 Å². The minimum absolute atomic E-state index is 0.0832. The van der Waals surface area contributed by atoms with E-state index in [1.165, 1.54) is 0 Å². The van der Waals surface area contributed by atoms with Crippen molar-refractivity contribution in [2.75, 3.05) is 26.2 Å². The molecule has 1 atom stereocenters. The summed E-state index contributed by atoms with van der Waals surface area (Å²) in [6.07, 6.45) is 0.174. The number of rotatable bonds is 11. The fourth-order valence-electron chi connectivity index (χ4n) is 2.83. The largest absolute Gasteiger partial charge is 0.480 e. The van der Waals surface area contributed by atoms with E-state index in [9.17, 15) is 19.5 Å². The Morgan fingerprint density at radius 3 is 1.47 bits per heavy atom. The fraction of sp³-hybridized carbons (Fsp3) is 0.857. The van der Waals surface area contributed by atoms with Crippen LogP contribution in [0, 0.1) is 5.92 Å². The third kappa shape index (κ3) is 14.0. The Hall–Kier alpha value is -2.03. The van der Waals surface area contributed by atoms with Crippen LogP contribution in [-0.4, -0.2) is 71.6 Å². The van der Waals surface area contributed by atoms with Gasteiger partial charge in [-0.25, -0.2) is 9.59 Å². The van der Waals surface area contributed by atoms with Gasteiger partial charge < -0.3 is 25.2 Å². The first-order chi connectivity index (χ1) is 13.6. The van der Waals surface area contributed by atoms with Gasteiger partial charge in [0.05, 0.1) is 0 Å². The molecular formula is C21H41N3O6. The van der Waals surface area contributed by atoms with Gasteiger partial charge in [0, 0.05) is 26.2 Å². The maximum absolute atomic E-state index is 11.8. The fourth-order valence-corrected chi connectivity index (χ4v) is 2.83. The van der Waals surface area contributed by atoms with Crippen molar-refractivity contribution in [2.45, 2.75) is 85.5 Å². The van der Waals surface area contributed by atoms with Crippen LogP contribution in [0.3, 0.4) is 0 Å². The highest BCUT2D eigenvalue weighted by molar-refractivity contribution is 5.73. The Morgan fingerprint density at radius 1 is 0.833 bits per heavy atom. The second kappa shape index (κ2) is 12.6. The Bertz CT molecular complexity index is 516.